The lowest BCUT2D eigenvalue weighted by molar-refractivity contribution is -0.132. The van der Waals surface area contributed by atoms with Gasteiger partial charge in [0.05, 0.1) is 34.3 Å². The number of carbonyl (C=O) groups is 2. The predicted molar refractivity (Wildman–Crippen MR) is 104 cm³/mol. The van der Waals surface area contributed by atoms with Crippen molar-refractivity contribution in [2.45, 2.75) is 25.3 Å². The molecule has 1 aromatic carbocycles. The lowest BCUT2D eigenvalue weighted by atomic mass is 10.1. The van der Waals surface area contributed by atoms with Gasteiger partial charge in [0, 0.05) is 32.2 Å². The molecule has 3 rings (SSSR count). The van der Waals surface area contributed by atoms with E-state index in [-0.39, 0.29) is 18.2 Å². The van der Waals surface area contributed by atoms with Crippen molar-refractivity contribution in [1.29, 1.82) is 0 Å². The van der Waals surface area contributed by atoms with Crippen LogP contribution in [0.25, 0.3) is 0 Å². The molecule has 1 aliphatic heterocycles. The van der Waals surface area contributed by atoms with E-state index in [1.807, 2.05) is 4.90 Å². The summed E-state index contributed by atoms with van der Waals surface area (Å²) < 4.78 is 16.0. The quantitative estimate of drug-likeness (QED) is 0.702. The number of methoxy groups -OCH3 is 3. The lowest BCUT2D eigenvalue weighted by Gasteiger charge is -2.34. The first-order chi connectivity index (χ1) is 13.5. The molecule has 2 amide bonds. The van der Waals surface area contributed by atoms with Gasteiger partial charge in [0.25, 0.3) is 0 Å². The van der Waals surface area contributed by atoms with Gasteiger partial charge in [-0.3, -0.25) is 14.5 Å². The standard InChI is InChI=1S/C20H29N3O5/c1-26-16-10-14(11-17(27-2)20(16)28-3)12-19(25)23-8-6-22(7-9-23)13-18(24)21-15-4-5-15/h10-11,15H,4-9,12-13H2,1-3H3,(H,21,24). The highest BCUT2D eigenvalue weighted by atomic mass is 16.5. The molecule has 0 unspecified atom stereocenters. The third-order valence-corrected chi connectivity index (χ3v) is 5.11. The average Bonchev–Trinajstić information content (AvgIpc) is 3.51. The normalized spacial score (nSPS) is 17.2. The average molecular weight is 391 g/mol. The van der Waals surface area contributed by atoms with Crippen molar-refractivity contribution >= 4 is 11.8 Å². The Morgan fingerprint density at radius 2 is 1.61 bits per heavy atom. The van der Waals surface area contributed by atoms with Crippen LogP contribution in [0.2, 0.25) is 0 Å². The molecular weight excluding hydrogens is 362 g/mol. The summed E-state index contributed by atoms with van der Waals surface area (Å²) in [6.07, 6.45) is 2.45. The zero-order chi connectivity index (χ0) is 20.1. The SMILES string of the molecule is COc1cc(CC(=O)N2CCN(CC(=O)NC3CC3)CC2)cc(OC)c1OC. The van der Waals surface area contributed by atoms with Crippen molar-refractivity contribution in [3.63, 3.8) is 0 Å². The minimum absolute atomic E-state index is 0.0522. The second kappa shape index (κ2) is 9.14. The number of rotatable bonds is 8. The summed E-state index contributed by atoms with van der Waals surface area (Å²) in [5, 5.41) is 3.00. The highest BCUT2D eigenvalue weighted by Gasteiger charge is 2.26. The molecule has 0 spiro atoms. The minimum atomic E-state index is 0.0522. The van der Waals surface area contributed by atoms with Crippen molar-refractivity contribution < 1.29 is 23.8 Å². The topological polar surface area (TPSA) is 80.3 Å². The fourth-order valence-corrected chi connectivity index (χ4v) is 3.38. The number of piperazine rings is 1. The van der Waals surface area contributed by atoms with Crippen LogP contribution >= 0.6 is 0 Å². The summed E-state index contributed by atoms with van der Waals surface area (Å²) in [5.74, 6) is 1.72. The van der Waals surface area contributed by atoms with Gasteiger partial charge in [0.2, 0.25) is 17.6 Å². The molecule has 1 aliphatic carbocycles. The molecule has 1 saturated heterocycles. The Morgan fingerprint density at radius 3 is 2.11 bits per heavy atom. The molecule has 0 bridgehead atoms. The van der Waals surface area contributed by atoms with Crippen molar-refractivity contribution in [2.75, 3.05) is 54.1 Å². The maximum absolute atomic E-state index is 12.7. The first-order valence-electron chi connectivity index (χ1n) is 9.62. The van der Waals surface area contributed by atoms with E-state index in [1.165, 1.54) is 0 Å². The van der Waals surface area contributed by atoms with Gasteiger partial charge in [-0.05, 0) is 30.5 Å². The van der Waals surface area contributed by atoms with E-state index in [4.69, 9.17) is 14.2 Å². The Morgan fingerprint density at radius 1 is 1.00 bits per heavy atom. The summed E-state index contributed by atoms with van der Waals surface area (Å²) in [5.41, 5.74) is 0.811. The zero-order valence-corrected chi connectivity index (χ0v) is 16.8. The van der Waals surface area contributed by atoms with E-state index in [1.54, 1.807) is 33.5 Å². The molecule has 8 nitrogen and oxygen atoms in total. The maximum atomic E-state index is 12.7. The molecule has 28 heavy (non-hydrogen) atoms. The van der Waals surface area contributed by atoms with Crippen LogP contribution in [0.5, 0.6) is 17.2 Å². The van der Waals surface area contributed by atoms with Gasteiger partial charge in [0.1, 0.15) is 0 Å². The van der Waals surface area contributed by atoms with Crippen molar-refractivity contribution in [3.8, 4) is 17.2 Å². The minimum Gasteiger partial charge on any atom is -0.493 e. The van der Waals surface area contributed by atoms with Crippen molar-refractivity contribution in [2.24, 2.45) is 0 Å². The summed E-state index contributed by atoms with van der Waals surface area (Å²) in [7, 11) is 4.67. The van der Waals surface area contributed by atoms with Crippen LogP contribution in [0, 0.1) is 0 Å². The Balaban J connectivity index is 1.53. The summed E-state index contributed by atoms with van der Waals surface area (Å²) in [6, 6.07) is 3.99. The van der Waals surface area contributed by atoms with Crippen LogP contribution in [0.3, 0.4) is 0 Å². The molecule has 2 fully saturated rings. The molecular formula is C20H29N3O5. The summed E-state index contributed by atoms with van der Waals surface area (Å²) >= 11 is 0. The molecule has 0 aromatic heterocycles. The van der Waals surface area contributed by atoms with E-state index in [0.717, 1.165) is 18.4 Å². The molecule has 8 heteroatoms. The van der Waals surface area contributed by atoms with Gasteiger partial charge in [0.15, 0.2) is 11.5 Å². The first-order valence-corrected chi connectivity index (χ1v) is 9.62. The number of nitrogens with zero attached hydrogens (tertiary/aromatic N) is 2. The maximum Gasteiger partial charge on any atom is 0.234 e. The number of ether oxygens (including phenoxy) is 3. The zero-order valence-electron chi connectivity index (χ0n) is 16.8. The van der Waals surface area contributed by atoms with Gasteiger partial charge in [-0.2, -0.15) is 0 Å². The van der Waals surface area contributed by atoms with E-state index in [2.05, 4.69) is 10.2 Å². The van der Waals surface area contributed by atoms with Gasteiger partial charge in [-0.1, -0.05) is 0 Å². The molecule has 1 heterocycles. The Bertz CT molecular complexity index is 687. The number of amides is 2. The van der Waals surface area contributed by atoms with Crippen LogP contribution in [0.4, 0.5) is 0 Å². The molecule has 2 aliphatic rings. The van der Waals surface area contributed by atoms with E-state index >= 15 is 0 Å². The fourth-order valence-electron chi connectivity index (χ4n) is 3.38. The number of hydrogen-bond acceptors (Lipinski definition) is 6. The summed E-state index contributed by atoms with van der Waals surface area (Å²) in [4.78, 5) is 28.6. The van der Waals surface area contributed by atoms with Crippen molar-refractivity contribution in [1.82, 2.24) is 15.1 Å². The number of nitrogens with one attached hydrogen (secondary N) is 1. The van der Waals surface area contributed by atoms with Crippen molar-refractivity contribution in [3.05, 3.63) is 17.7 Å². The third kappa shape index (κ3) is 5.07. The van der Waals surface area contributed by atoms with Gasteiger partial charge in [-0.15, -0.1) is 0 Å². The van der Waals surface area contributed by atoms with Crippen LogP contribution in [0.1, 0.15) is 18.4 Å². The molecule has 0 radical (unpaired) electrons. The monoisotopic (exact) mass is 391 g/mol. The van der Waals surface area contributed by atoms with Gasteiger partial charge in [-0.25, -0.2) is 0 Å². The fraction of sp³-hybridized carbons (Fsp3) is 0.600. The smallest absolute Gasteiger partial charge is 0.234 e. The highest BCUT2D eigenvalue weighted by Crippen LogP contribution is 2.38. The van der Waals surface area contributed by atoms with Crippen LogP contribution in [-0.4, -0.2) is 81.7 Å². The third-order valence-electron chi connectivity index (χ3n) is 5.11. The van der Waals surface area contributed by atoms with E-state index in [0.29, 0.717) is 56.0 Å². The van der Waals surface area contributed by atoms with E-state index < -0.39 is 0 Å². The van der Waals surface area contributed by atoms with Crippen LogP contribution in [0.15, 0.2) is 12.1 Å². The molecule has 0 atom stereocenters. The number of carbonyl (C=O) groups excluding carboxylic acids is 2. The van der Waals surface area contributed by atoms with Crippen LogP contribution < -0.4 is 19.5 Å². The Labute approximate surface area is 165 Å². The largest absolute Gasteiger partial charge is 0.493 e. The Hall–Kier alpha value is -2.48. The van der Waals surface area contributed by atoms with Gasteiger partial charge < -0.3 is 24.4 Å². The second-order valence-electron chi connectivity index (χ2n) is 7.21. The molecule has 1 aromatic rings. The molecule has 1 saturated carbocycles. The first kappa shape index (κ1) is 20.3. The summed E-state index contributed by atoms with van der Waals surface area (Å²) in [6.45, 7) is 3.07. The predicted octanol–water partition coefficient (Wildman–Crippen LogP) is 0.678. The molecule has 1 N–H and O–H groups in total. The molecule has 154 valence electrons. The van der Waals surface area contributed by atoms with Gasteiger partial charge >= 0.3 is 0 Å². The number of benzene rings is 1. The lowest BCUT2D eigenvalue weighted by Crippen LogP contribution is -2.51. The second-order valence-corrected chi connectivity index (χ2v) is 7.21. The van der Waals surface area contributed by atoms with Crippen LogP contribution in [-0.2, 0) is 16.0 Å². The number of hydrogen-bond donors (Lipinski definition) is 1. The highest BCUT2D eigenvalue weighted by molar-refractivity contribution is 5.80. The Kier molecular flexibility index (Phi) is 6.61. The van der Waals surface area contributed by atoms with E-state index in [9.17, 15) is 9.59 Å².